The summed E-state index contributed by atoms with van der Waals surface area (Å²) in [6, 6.07) is 2.30. The van der Waals surface area contributed by atoms with Crippen LogP contribution in [0.15, 0.2) is 9.85 Å². The van der Waals surface area contributed by atoms with Crippen LogP contribution in [0.2, 0.25) is 0 Å². The molecule has 0 saturated carbocycles. The van der Waals surface area contributed by atoms with E-state index in [1.54, 1.807) is 11.3 Å². The molecule has 1 amide bonds. The summed E-state index contributed by atoms with van der Waals surface area (Å²) in [5.74, 6) is 0.109. The van der Waals surface area contributed by atoms with E-state index in [9.17, 15) is 4.79 Å². The van der Waals surface area contributed by atoms with Gasteiger partial charge in [-0.15, -0.1) is 11.3 Å². The van der Waals surface area contributed by atoms with Crippen LogP contribution in [0, 0.1) is 6.92 Å². The zero-order valence-electron chi connectivity index (χ0n) is 8.71. The Kier molecular flexibility index (Phi) is 3.13. The molecule has 5 heteroatoms. The molecular formula is C10H13BrN2OS. The maximum absolute atomic E-state index is 12.1. The molecule has 1 aliphatic rings. The van der Waals surface area contributed by atoms with Gasteiger partial charge in [0.2, 0.25) is 0 Å². The third-order valence-corrected chi connectivity index (χ3v) is 4.42. The SMILES string of the molecule is Cc1cc(C(=O)N(C)C2CNC2)c(Br)s1. The van der Waals surface area contributed by atoms with E-state index >= 15 is 0 Å². The monoisotopic (exact) mass is 288 g/mol. The number of hydrogen-bond donors (Lipinski definition) is 1. The van der Waals surface area contributed by atoms with Crippen molar-refractivity contribution in [3.05, 3.63) is 20.3 Å². The van der Waals surface area contributed by atoms with Crippen molar-refractivity contribution >= 4 is 33.2 Å². The molecule has 0 bridgehead atoms. The number of aryl methyl sites for hydroxylation is 1. The van der Waals surface area contributed by atoms with Crippen molar-refractivity contribution in [2.45, 2.75) is 13.0 Å². The second-order valence-corrected chi connectivity index (χ2v) is 6.35. The van der Waals surface area contributed by atoms with Gasteiger partial charge in [0.05, 0.1) is 15.4 Å². The molecular weight excluding hydrogens is 276 g/mol. The van der Waals surface area contributed by atoms with Gasteiger partial charge in [-0.25, -0.2) is 0 Å². The predicted octanol–water partition coefficient (Wildman–Crippen LogP) is 1.86. The number of nitrogens with zero attached hydrogens (tertiary/aromatic N) is 1. The van der Waals surface area contributed by atoms with Crippen LogP contribution < -0.4 is 5.32 Å². The van der Waals surface area contributed by atoms with Gasteiger partial charge >= 0.3 is 0 Å². The Morgan fingerprint density at radius 3 is 2.73 bits per heavy atom. The molecule has 1 aromatic heterocycles. The third-order valence-electron chi connectivity index (χ3n) is 2.67. The van der Waals surface area contributed by atoms with Crippen LogP contribution in [0.25, 0.3) is 0 Å². The average Bonchev–Trinajstić information content (AvgIpc) is 2.41. The van der Waals surface area contributed by atoms with Gasteiger partial charge in [-0.05, 0) is 28.9 Å². The summed E-state index contributed by atoms with van der Waals surface area (Å²) in [7, 11) is 1.87. The van der Waals surface area contributed by atoms with Crippen LogP contribution in [0.3, 0.4) is 0 Å². The molecule has 1 aliphatic heterocycles. The van der Waals surface area contributed by atoms with E-state index in [2.05, 4.69) is 21.2 Å². The normalized spacial score (nSPS) is 16.2. The molecule has 0 aromatic carbocycles. The Morgan fingerprint density at radius 2 is 2.33 bits per heavy atom. The van der Waals surface area contributed by atoms with Crippen molar-refractivity contribution in [1.29, 1.82) is 0 Å². The fourth-order valence-electron chi connectivity index (χ4n) is 1.53. The fraction of sp³-hybridized carbons (Fsp3) is 0.500. The number of rotatable bonds is 2. The van der Waals surface area contributed by atoms with Crippen molar-refractivity contribution in [3.8, 4) is 0 Å². The lowest BCUT2D eigenvalue weighted by Gasteiger charge is -2.35. The van der Waals surface area contributed by atoms with Crippen molar-refractivity contribution in [2.75, 3.05) is 20.1 Å². The molecule has 82 valence electrons. The number of nitrogens with one attached hydrogen (secondary N) is 1. The summed E-state index contributed by atoms with van der Waals surface area (Å²) < 4.78 is 0.934. The lowest BCUT2D eigenvalue weighted by molar-refractivity contribution is 0.0681. The van der Waals surface area contributed by atoms with E-state index < -0.39 is 0 Å². The first-order valence-corrected chi connectivity index (χ1v) is 6.44. The van der Waals surface area contributed by atoms with Crippen LogP contribution in [-0.2, 0) is 0 Å². The maximum Gasteiger partial charge on any atom is 0.255 e. The lowest BCUT2D eigenvalue weighted by atomic mass is 10.1. The Bertz CT molecular complexity index is 387. The fourth-order valence-corrected chi connectivity index (χ4v) is 3.30. The molecule has 1 fully saturated rings. The Balaban J connectivity index is 2.15. The molecule has 0 atom stereocenters. The van der Waals surface area contributed by atoms with Gasteiger partial charge in [0.1, 0.15) is 0 Å². The molecule has 2 rings (SSSR count). The zero-order valence-corrected chi connectivity index (χ0v) is 11.1. The largest absolute Gasteiger partial charge is 0.336 e. The number of likely N-dealkylation sites (N-methyl/N-ethyl adjacent to an activating group) is 1. The molecule has 0 aliphatic carbocycles. The molecule has 1 N–H and O–H groups in total. The lowest BCUT2D eigenvalue weighted by Crippen LogP contribution is -2.57. The number of amides is 1. The summed E-state index contributed by atoms with van der Waals surface area (Å²) >= 11 is 5.04. The summed E-state index contributed by atoms with van der Waals surface area (Å²) in [6.07, 6.45) is 0. The van der Waals surface area contributed by atoms with Gasteiger partial charge in [0.25, 0.3) is 5.91 Å². The number of thiophene rings is 1. The highest BCUT2D eigenvalue weighted by molar-refractivity contribution is 9.11. The molecule has 0 unspecified atom stereocenters. The quantitative estimate of drug-likeness (QED) is 0.901. The highest BCUT2D eigenvalue weighted by Crippen LogP contribution is 2.28. The van der Waals surface area contributed by atoms with Crippen LogP contribution in [-0.4, -0.2) is 37.0 Å². The van der Waals surface area contributed by atoms with Gasteiger partial charge in [0.15, 0.2) is 0 Å². The summed E-state index contributed by atoms with van der Waals surface area (Å²) in [5, 5.41) is 3.17. The van der Waals surface area contributed by atoms with Crippen LogP contribution in [0.4, 0.5) is 0 Å². The van der Waals surface area contributed by atoms with E-state index in [-0.39, 0.29) is 5.91 Å². The van der Waals surface area contributed by atoms with Crippen LogP contribution in [0.5, 0.6) is 0 Å². The van der Waals surface area contributed by atoms with E-state index in [1.165, 1.54) is 0 Å². The first-order valence-electron chi connectivity index (χ1n) is 4.83. The number of carbonyl (C=O) groups excluding carboxylic acids is 1. The predicted molar refractivity (Wildman–Crippen MR) is 65.5 cm³/mol. The van der Waals surface area contributed by atoms with Gasteiger partial charge in [0, 0.05) is 25.0 Å². The molecule has 1 aromatic rings. The molecule has 0 spiro atoms. The molecule has 3 nitrogen and oxygen atoms in total. The first-order chi connectivity index (χ1) is 7.09. The standard InChI is InChI=1S/C10H13BrN2OS/c1-6-3-8(9(11)15-6)10(14)13(2)7-4-12-5-7/h3,7,12H,4-5H2,1-2H3. The number of halogens is 1. The maximum atomic E-state index is 12.1. The van der Waals surface area contributed by atoms with Gasteiger partial charge in [-0.2, -0.15) is 0 Å². The van der Waals surface area contributed by atoms with Crippen molar-refractivity contribution in [2.24, 2.45) is 0 Å². The molecule has 15 heavy (non-hydrogen) atoms. The molecule has 0 radical (unpaired) electrons. The number of carbonyl (C=O) groups is 1. The topological polar surface area (TPSA) is 32.3 Å². The minimum Gasteiger partial charge on any atom is -0.336 e. The Morgan fingerprint density at radius 1 is 1.67 bits per heavy atom. The number of hydrogen-bond acceptors (Lipinski definition) is 3. The highest BCUT2D eigenvalue weighted by atomic mass is 79.9. The van der Waals surface area contributed by atoms with E-state index in [0.29, 0.717) is 6.04 Å². The summed E-state index contributed by atoms with van der Waals surface area (Å²) in [6.45, 7) is 3.82. The van der Waals surface area contributed by atoms with E-state index in [0.717, 1.165) is 27.3 Å². The molecule has 2 heterocycles. The summed E-state index contributed by atoms with van der Waals surface area (Å²) in [5.41, 5.74) is 0.784. The minimum absolute atomic E-state index is 0.109. The Hall–Kier alpha value is -0.390. The van der Waals surface area contributed by atoms with E-state index in [1.807, 2.05) is 24.9 Å². The smallest absolute Gasteiger partial charge is 0.255 e. The van der Waals surface area contributed by atoms with Crippen LogP contribution in [0.1, 0.15) is 15.2 Å². The van der Waals surface area contributed by atoms with Crippen LogP contribution >= 0.6 is 27.3 Å². The second-order valence-electron chi connectivity index (χ2n) is 3.77. The second kappa shape index (κ2) is 4.23. The van der Waals surface area contributed by atoms with E-state index in [4.69, 9.17) is 0 Å². The van der Waals surface area contributed by atoms with Crippen molar-refractivity contribution in [3.63, 3.8) is 0 Å². The first kappa shape index (κ1) is 11.1. The minimum atomic E-state index is 0.109. The average molecular weight is 289 g/mol. The van der Waals surface area contributed by atoms with Gasteiger partial charge < -0.3 is 10.2 Å². The highest BCUT2D eigenvalue weighted by Gasteiger charge is 2.27. The Labute approximate surface area is 102 Å². The van der Waals surface area contributed by atoms with Gasteiger partial charge in [-0.1, -0.05) is 0 Å². The molecule has 1 saturated heterocycles. The van der Waals surface area contributed by atoms with Crippen molar-refractivity contribution in [1.82, 2.24) is 10.2 Å². The van der Waals surface area contributed by atoms with Gasteiger partial charge in [-0.3, -0.25) is 4.79 Å². The summed E-state index contributed by atoms with van der Waals surface area (Å²) in [4.78, 5) is 15.1. The van der Waals surface area contributed by atoms with Crippen molar-refractivity contribution < 1.29 is 4.79 Å². The third kappa shape index (κ3) is 2.09. The zero-order chi connectivity index (χ0) is 11.0.